The number of pyridine rings is 1. The molecule has 2 aromatic carbocycles. The number of benzene rings is 2. The Bertz CT molecular complexity index is 1270. The molecule has 172 valence electrons. The second-order valence-electron chi connectivity index (χ2n) is 8.01. The second-order valence-corrected chi connectivity index (χ2v) is 8.01. The van der Waals surface area contributed by atoms with E-state index in [1.165, 1.54) is 11.0 Å². The minimum atomic E-state index is -0.920. The number of aliphatic hydroxyl groups is 1. The number of aliphatic hydroxyl groups excluding tert-OH is 1. The van der Waals surface area contributed by atoms with E-state index in [0.29, 0.717) is 23.2 Å². The molecule has 1 unspecified atom stereocenters. The van der Waals surface area contributed by atoms with E-state index >= 15 is 0 Å². The number of aryl methyl sites for hydroxylation is 1. The lowest BCUT2D eigenvalue weighted by Gasteiger charge is -2.25. The molecular formula is C27H24N2O5. The number of aromatic nitrogens is 1. The first kappa shape index (κ1) is 22.9. The number of hydrogen-bond donors (Lipinski definition) is 1. The number of ketones is 1. The summed E-state index contributed by atoms with van der Waals surface area (Å²) in [6.45, 7) is 4.09. The Morgan fingerprint density at radius 1 is 1.06 bits per heavy atom. The van der Waals surface area contributed by atoms with E-state index in [-0.39, 0.29) is 23.5 Å². The molecule has 1 fully saturated rings. The van der Waals surface area contributed by atoms with Gasteiger partial charge in [-0.3, -0.25) is 19.5 Å². The van der Waals surface area contributed by atoms with E-state index in [1.807, 2.05) is 26.0 Å². The van der Waals surface area contributed by atoms with Gasteiger partial charge in [0.15, 0.2) is 0 Å². The predicted molar refractivity (Wildman–Crippen MR) is 127 cm³/mol. The molecule has 34 heavy (non-hydrogen) atoms. The van der Waals surface area contributed by atoms with Crippen LogP contribution in [0.2, 0.25) is 0 Å². The number of hydrogen-bond acceptors (Lipinski definition) is 6. The molecule has 1 atom stereocenters. The number of Topliss-reactive ketones (excluding diaryl/α,β-unsaturated/α-hetero) is 1. The summed E-state index contributed by atoms with van der Waals surface area (Å²) in [6.07, 6.45) is 3.81. The molecule has 0 radical (unpaired) electrons. The number of carbonyl (C=O) groups excluding carboxylic acids is 3. The number of ether oxygens (including phenoxy) is 1. The summed E-state index contributed by atoms with van der Waals surface area (Å²) in [7, 11) is 0. The van der Waals surface area contributed by atoms with Crippen molar-refractivity contribution in [3.05, 3.63) is 101 Å². The van der Waals surface area contributed by atoms with Crippen LogP contribution in [-0.4, -0.2) is 34.4 Å². The van der Waals surface area contributed by atoms with Gasteiger partial charge < -0.3 is 9.84 Å². The molecule has 7 heteroatoms. The van der Waals surface area contributed by atoms with Gasteiger partial charge in [-0.1, -0.05) is 48.9 Å². The summed E-state index contributed by atoms with van der Waals surface area (Å²) >= 11 is 0. The first-order valence-electron chi connectivity index (χ1n) is 11.0. The van der Waals surface area contributed by atoms with Crippen LogP contribution >= 0.6 is 0 Å². The first-order chi connectivity index (χ1) is 16.4. The molecule has 1 N–H and O–H groups in total. The highest BCUT2D eigenvalue weighted by Crippen LogP contribution is 2.42. The van der Waals surface area contributed by atoms with Gasteiger partial charge in [0.05, 0.1) is 23.8 Å². The van der Waals surface area contributed by atoms with Crippen molar-refractivity contribution in [2.24, 2.45) is 0 Å². The van der Waals surface area contributed by atoms with Gasteiger partial charge in [-0.25, -0.2) is 4.79 Å². The third-order valence-electron chi connectivity index (χ3n) is 5.57. The number of anilines is 1. The number of nitrogens with zero attached hydrogens (tertiary/aromatic N) is 2. The molecule has 0 bridgehead atoms. The Hall–Kier alpha value is -4.26. The molecule has 1 aliphatic heterocycles. The summed E-state index contributed by atoms with van der Waals surface area (Å²) in [5.74, 6) is -2.40. The molecule has 1 aliphatic rings. The van der Waals surface area contributed by atoms with Gasteiger partial charge in [0.1, 0.15) is 5.76 Å². The smallest absolute Gasteiger partial charge is 0.338 e. The lowest BCUT2D eigenvalue weighted by molar-refractivity contribution is -0.132. The Balaban J connectivity index is 1.85. The monoisotopic (exact) mass is 456 g/mol. The zero-order valence-corrected chi connectivity index (χ0v) is 18.9. The Kier molecular flexibility index (Phi) is 6.54. The van der Waals surface area contributed by atoms with Crippen molar-refractivity contribution in [3.8, 4) is 0 Å². The van der Waals surface area contributed by atoms with Gasteiger partial charge in [-0.2, -0.15) is 0 Å². The van der Waals surface area contributed by atoms with E-state index in [0.717, 1.165) is 5.56 Å². The van der Waals surface area contributed by atoms with E-state index in [2.05, 4.69) is 4.98 Å². The lowest BCUT2D eigenvalue weighted by Crippen LogP contribution is -2.29. The van der Waals surface area contributed by atoms with Crippen LogP contribution in [0, 0.1) is 6.92 Å². The zero-order chi connectivity index (χ0) is 24.2. The molecule has 4 rings (SSSR count). The maximum absolute atomic E-state index is 13.2. The highest BCUT2D eigenvalue weighted by molar-refractivity contribution is 6.51. The highest BCUT2D eigenvalue weighted by Gasteiger charge is 2.47. The normalized spacial score (nSPS) is 17.1. The molecule has 0 spiro atoms. The van der Waals surface area contributed by atoms with Crippen LogP contribution in [0.5, 0.6) is 0 Å². The van der Waals surface area contributed by atoms with Crippen LogP contribution in [0.15, 0.2) is 78.6 Å². The van der Waals surface area contributed by atoms with E-state index < -0.39 is 23.7 Å². The van der Waals surface area contributed by atoms with Crippen LogP contribution in [-0.2, 0) is 14.3 Å². The van der Waals surface area contributed by atoms with Crippen LogP contribution in [0.4, 0.5) is 5.69 Å². The second kappa shape index (κ2) is 9.70. The lowest BCUT2D eigenvalue weighted by atomic mass is 9.96. The minimum Gasteiger partial charge on any atom is -0.507 e. The molecule has 1 amide bonds. The van der Waals surface area contributed by atoms with Crippen molar-refractivity contribution in [3.63, 3.8) is 0 Å². The van der Waals surface area contributed by atoms with Gasteiger partial charge in [-0.15, -0.1) is 0 Å². The molecule has 0 aliphatic carbocycles. The van der Waals surface area contributed by atoms with Gasteiger partial charge >= 0.3 is 5.97 Å². The van der Waals surface area contributed by atoms with Gasteiger partial charge in [0.25, 0.3) is 11.7 Å². The van der Waals surface area contributed by atoms with Gasteiger partial charge in [0, 0.05) is 23.6 Å². The van der Waals surface area contributed by atoms with E-state index in [9.17, 15) is 19.5 Å². The van der Waals surface area contributed by atoms with Crippen molar-refractivity contribution in [1.82, 2.24) is 4.98 Å². The van der Waals surface area contributed by atoms with Crippen LogP contribution < -0.4 is 4.90 Å². The summed E-state index contributed by atoms with van der Waals surface area (Å²) in [6, 6.07) is 15.9. The van der Waals surface area contributed by atoms with Gasteiger partial charge in [0.2, 0.25) is 0 Å². The fourth-order valence-corrected chi connectivity index (χ4v) is 3.88. The largest absolute Gasteiger partial charge is 0.507 e. The molecular weight excluding hydrogens is 432 g/mol. The zero-order valence-electron chi connectivity index (χ0n) is 18.9. The highest BCUT2D eigenvalue weighted by atomic mass is 16.5. The fraction of sp³-hybridized carbons (Fsp3) is 0.185. The number of esters is 1. The van der Waals surface area contributed by atoms with Gasteiger partial charge in [-0.05, 0) is 43.2 Å². The number of rotatable bonds is 6. The molecule has 1 aromatic heterocycles. The first-order valence-corrected chi connectivity index (χ1v) is 11.0. The third kappa shape index (κ3) is 4.32. The minimum absolute atomic E-state index is 0.0409. The molecule has 3 aromatic rings. The van der Waals surface area contributed by atoms with E-state index in [4.69, 9.17) is 4.74 Å². The quantitative estimate of drug-likeness (QED) is 0.252. The Labute approximate surface area is 197 Å². The summed E-state index contributed by atoms with van der Waals surface area (Å²) in [4.78, 5) is 44.3. The Morgan fingerprint density at radius 2 is 1.82 bits per heavy atom. The molecule has 7 nitrogen and oxygen atoms in total. The molecule has 1 saturated heterocycles. The maximum Gasteiger partial charge on any atom is 0.338 e. The predicted octanol–water partition coefficient (Wildman–Crippen LogP) is 4.58. The third-order valence-corrected chi connectivity index (χ3v) is 5.57. The Morgan fingerprint density at radius 3 is 2.50 bits per heavy atom. The maximum atomic E-state index is 13.2. The van der Waals surface area contributed by atoms with Crippen molar-refractivity contribution >= 4 is 29.1 Å². The van der Waals surface area contributed by atoms with Crippen LogP contribution in [0.1, 0.15) is 46.4 Å². The standard InChI is InChI=1S/C27H24N2O5/c1-3-14-34-27(33)19-6-4-8-21(15-19)29-23(20-7-5-13-28-16-20)22(25(31)26(29)32)24(30)18-11-9-17(2)10-12-18/h4-13,15-16,23,30H,3,14H2,1-2H3/b24-22+. The van der Waals surface area contributed by atoms with Crippen molar-refractivity contribution in [1.29, 1.82) is 0 Å². The summed E-state index contributed by atoms with van der Waals surface area (Å²) < 4.78 is 5.21. The van der Waals surface area contributed by atoms with Crippen molar-refractivity contribution in [2.75, 3.05) is 11.5 Å². The summed E-state index contributed by atoms with van der Waals surface area (Å²) in [5, 5.41) is 11.1. The summed E-state index contributed by atoms with van der Waals surface area (Å²) in [5.41, 5.74) is 2.53. The fourth-order valence-electron chi connectivity index (χ4n) is 3.88. The van der Waals surface area contributed by atoms with Crippen LogP contribution in [0.3, 0.4) is 0 Å². The van der Waals surface area contributed by atoms with Crippen molar-refractivity contribution in [2.45, 2.75) is 26.3 Å². The SMILES string of the molecule is CCCOC(=O)c1cccc(N2C(=O)C(=O)/C(=C(/O)c3ccc(C)cc3)C2c2cccnc2)c1. The van der Waals surface area contributed by atoms with E-state index in [1.54, 1.807) is 54.9 Å². The molecule has 2 heterocycles. The average molecular weight is 456 g/mol. The van der Waals surface area contributed by atoms with Crippen molar-refractivity contribution < 1.29 is 24.2 Å². The van der Waals surface area contributed by atoms with Crippen LogP contribution in [0.25, 0.3) is 5.76 Å². The molecule has 0 saturated carbocycles. The average Bonchev–Trinajstić information content (AvgIpc) is 3.13. The number of amides is 1. The number of carbonyl (C=O) groups is 3. The topological polar surface area (TPSA) is 96.8 Å².